The number of hydrogen-bond acceptors (Lipinski definition) is 2. The summed E-state index contributed by atoms with van der Waals surface area (Å²) in [5, 5.41) is 0.00887. The van der Waals surface area contributed by atoms with E-state index in [1.54, 1.807) is 6.07 Å². The van der Waals surface area contributed by atoms with Crippen molar-refractivity contribution in [1.82, 2.24) is 9.97 Å². The van der Waals surface area contributed by atoms with Gasteiger partial charge in [0, 0.05) is 11.6 Å². The third-order valence-corrected chi connectivity index (χ3v) is 2.20. The maximum Gasteiger partial charge on any atom is 0.251 e. The Morgan fingerprint density at radius 3 is 2.93 bits per heavy atom. The molecule has 1 aromatic heterocycles. The van der Waals surface area contributed by atoms with Crippen LogP contribution in [0, 0.1) is 5.82 Å². The van der Waals surface area contributed by atoms with E-state index in [4.69, 9.17) is 11.6 Å². The molecular weight excluding hydrogens is 219 g/mol. The molecule has 1 aromatic carbocycles. The number of nitrogens with zero attached hydrogens (tertiary/aromatic N) is 1. The van der Waals surface area contributed by atoms with Gasteiger partial charge in [0.1, 0.15) is 0 Å². The number of halogens is 2. The predicted molar refractivity (Wildman–Crippen MR) is 55.3 cm³/mol. The summed E-state index contributed by atoms with van der Waals surface area (Å²) in [6.45, 7) is 0. The Hall–Kier alpha value is -1.68. The van der Waals surface area contributed by atoms with Crippen molar-refractivity contribution in [2.45, 2.75) is 0 Å². The fourth-order valence-corrected chi connectivity index (χ4v) is 1.39. The van der Waals surface area contributed by atoms with Crippen molar-refractivity contribution in [3.63, 3.8) is 0 Å². The lowest BCUT2D eigenvalue weighted by Gasteiger charge is -2.02. The maximum atomic E-state index is 13.5. The van der Waals surface area contributed by atoms with E-state index in [-0.39, 0.29) is 21.8 Å². The summed E-state index contributed by atoms with van der Waals surface area (Å²) in [4.78, 5) is 17.2. The Morgan fingerprint density at radius 1 is 1.40 bits per heavy atom. The van der Waals surface area contributed by atoms with Crippen LogP contribution in [0.2, 0.25) is 5.02 Å². The van der Waals surface area contributed by atoms with Gasteiger partial charge in [-0.1, -0.05) is 17.7 Å². The van der Waals surface area contributed by atoms with E-state index in [1.807, 2.05) is 0 Å². The molecule has 0 aliphatic rings. The smallest absolute Gasteiger partial charge is 0.251 e. The van der Waals surface area contributed by atoms with Crippen LogP contribution in [0.4, 0.5) is 4.39 Å². The highest BCUT2D eigenvalue weighted by atomic mass is 35.5. The summed E-state index contributed by atoms with van der Waals surface area (Å²) in [6, 6.07) is 5.77. The Bertz CT molecular complexity index is 553. The zero-order valence-electron chi connectivity index (χ0n) is 7.50. The van der Waals surface area contributed by atoms with Gasteiger partial charge in [0.05, 0.1) is 17.0 Å². The van der Waals surface area contributed by atoms with Crippen LogP contribution in [0.1, 0.15) is 0 Å². The number of nitrogens with one attached hydrogen (secondary N) is 1. The normalized spacial score (nSPS) is 10.3. The number of hydrogen-bond donors (Lipinski definition) is 1. The van der Waals surface area contributed by atoms with E-state index in [9.17, 15) is 9.18 Å². The zero-order chi connectivity index (χ0) is 10.8. The second-order valence-electron chi connectivity index (χ2n) is 2.90. The van der Waals surface area contributed by atoms with Gasteiger partial charge in [0.2, 0.25) is 0 Å². The molecule has 3 nitrogen and oxygen atoms in total. The number of H-pyrrole nitrogens is 1. The Kier molecular flexibility index (Phi) is 2.51. The second kappa shape index (κ2) is 3.82. The van der Waals surface area contributed by atoms with Crippen molar-refractivity contribution in [2.75, 3.05) is 0 Å². The molecule has 0 fully saturated rings. The topological polar surface area (TPSA) is 45.8 Å². The van der Waals surface area contributed by atoms with E-state index in [2.05, 4.69) is 9.97 Å². The molecule has 0 spiro atoms. The van der Waals surface area contributed by atoms with Crippen molar-refractivity contribution >= 4 is 11.6 Å². The molecule has 2 aromatic rings. The molecule has 0 amide bonds. The third-order valence-electron chi connectivity index (χ3n) is 1.91. The molecule has 0 radical (unpaired) electrons. The quantitative estimate of drug-likeness (QED) is 0.808. The molecule has 0 aliphatic heterocycles. The van der Waals surface area contributed by atoms with Crippen molar-refractivity contribution in [1.29, 1.82) is 0 Å². The van der Waals surface area contributed by atoms with Gasteiger partial charge in [-0.2, -0.15) is 0 Å². The van der Waals surface area contributed by atoms with Crippen molar-refractivity contribution in [3.05, 3.63) is 51.8 Å². The van der Waals surface area contributed by atoms with Crippen LogP contribution >= 0.6 is 11.6 Å². The van der Waals surface area contributed by atoms with Gasteiger partial charge < -0.3 is 4.98 Å². The van der Waals surface area contributed by atoms with Crippen LogP contribution in [0.15, 0.2) is 35.4 Å². The molecule has 15 heavy (non-hydrogen) atoms. The van der Waals surface area contributed by atoms with Crippen LogP contribution in [0.5, 0.6) is 0 Å². The molecule has 0 aliphatic carbocycles. The number of aromatic nitrogens is 2. The first-order valence-corrected chi connectivity index (χ1v) is 4.55. The summed E-state index contributed by atoms with van der Waals surface area (Å²) in [6.07, 6.45) is 1.22. The van der Waals surface area contributed by atoms with E-state index >= 15 is 0 Å². The Balaban J connectivity index is 2.64. The van der Waals surface area contributed by atoms with Gasteiger partial charge >= 0.3 is 0 Å². The minimum absolute atomic E-state index is 0.00887. The molecule has 0 unspecified atom stereocenters. The lowest BCUT2D eigenvalue weighted by Crippen LogP contribution is -2.05. The van der Waals surface area contributed by atoms with Crippen LogP contribution in [0.3, 0.4) is 0 Å². The highest BCUT2D eigenvalue weighted by Crippen LogP contribution is 2.24. The van der Waals surface area contributed by atoms with Crippen LogP contribution in [-0.2, 0) is 0 Å². The molecule has 2 rings (SSSR count). The molecular formula is C10H6ClFN2O. The molecule has 0 saturated heterocycles. The van der Waals surface area contributed by atoms with Gasteiger partial charge in [-0.3, -0.25) is 4.79 Å². The van der Waals surface area contributed by atoms with Crippen LogP contribution < -0.4 is 5.56 Å². The summed E-state index contributed by atoms with van der Waals surface area (Å²) in [7, 11) is 0. The molecule has 1 N–H and O–H groups in total. The molecule has 5 heteroatoms. The minimum atomic E-state index is -0.572. The molecule has 0 saturated carbocycles. The van der Waals surface area contributed by atoms with Gasteiger partial charge in [-0.15, -0.1) is 0 Å². The first kappa shape index (κ1) is 9.86. The first-order chi connectivity index (χ1) is 7.18. The van der Waals surface area contributed by atoms with Crippen LogP contribution in [-0.4, -0.2) is 9.97 Å². The fourth-order valence-electron chi connectivity index (χ4n) is 1.22. The van der Waals surface area contributed by atoms with Crippen LogP contribution in [0.25, 0.3) is 11.3 Å². The third kappa shape index (κ3) is 1.89. The summed E-state index contributed by atoms with van der Waals surface area (Å²) < 4.78 is 13.5. The molecule has 1 heterocycles. The fraction of sp³-hybridized carbons (Fsp3) is 0. The highest BCUT2D eigenvalue weighted by molar-refractivity contribution is 6.31. The van der Waals surface area contributed by atoms with Gasteiger partial charge in [0.15, 0.2) is 5.82 Å². The number of aromatic amines is 1. The van der Waals surface area contributed by atoms with Gasteiger partial charge in [-0.25, -0.2) is 9.37 Å². The maximum absolute atomic E-state index is 13.5. The molecule has 0 atom stereocenters. The molecule has 0 bridgehead atoms. The van der Waals surface area contributed by atoms with E-state index in [1.165, 1.54) is 24.5 Å². The molecule has 76 valence electrons. The van der Waals surface area contributed by atoms with Gasteiger partial charge in [-0.05, 0) is 12.1 Å². The summed E-state index contributed by atoms with van der Waals surface area (Å²) >= 11 is 5.61. The van der Waals surface area contributed by atoms with Gasteiger partial charge in [0.25, 0.3) is 5.56 Å². The summed E-state index contributed by atoms with van der Waals surface area (Å²) in [5.41, 5.74) is 0.145. The largest absolute Gasteiger partial charge is 0.313 e. The average Bonchev–Trinajstić information content (AvgIpc) is 2.22. The Morgan fingerprint density at radius 2 is 2.20 bits per heavy atom. The van der Waals surface area contributed by atoms with E-state index in [0.717, 1.165) is 0 Å². The lowest BCUT2D eigenvalue weighted by molar-refractivity contribution is 0.631. The Labute approximate surface area is 89.6 Å². The minimum Gasteiger partial charge on any atom is -0.313 e. The standard InChI is InChI=1S/C10H6ClFN2O/c11-7-3-1-2-6(10(7)12)8-4-9(15)14-5-13-8/h1-5H,(H,13,14,15). The van der Waals surface area contributed by atoms with Crippen molar-refractivity contribution < 1.29 is 4.39 Å². The second-order valence-corrected chi connectivity index (χ2v) is 3.30. The number of benzene rings is 1. The van der Waals surface area contributed by atoms with Crippen molar-refractivity contribution in [3.8, 4) is 11.3 Å². The lowest BCUT2D eigenvalue weighted by atomic mass is 10.1. The van der Waals surface area contributed by atoms with E-state index < -0.39 is 5.82 Å². The SMILES string of the molecule is O=c1cc(-c2cccc(Cl)c2F)nc[nH]1. The number of rotatable bonds is 1. The summed E-state index contributed by atoms with van der Waals surface area (Å²) in [5.74, 6) is -0.572. The monoisotopic (exact) mass is 224 g/mol. The zero-order valence-corrected chi connectivity index (χ0v) is 8.25. The average molecular weight is 225 g/mol. The predicted octanol–water partition coefficient (Wildman–Crippen LogP) is 2.23. The van der Waals surface area contributed by atoms with E-state index in [0.29, 0.717) is 0 Å². The highest BCUT2D eigenvalue weighted by Gasteiger charge is 2.09. The van der Waals surface area contributed by atoms with Crippen molar-refractivity contribution in [2.24, 2.45) is 0 Å². The first-order valence-electron chi connectivity index (χ1n) is 4.17.